The molecule has 0 atom stereocenters. The molecule has 0 N–H and O–H groups in total. The number of hydrogen-bond donors (Lipinski definition) is 0. The van der Waals surface area contributed by atoms with Gasteiger partial charge in [-0.1, -0.05) is 35.1 Å². The van der Waals surface area contributed by atoms with E-state index in [4.69, 9.17) is 25.7 Å². The first-order chi connectivity index (χ1) is 14.0. The molecule has 29 heavy (non-hydrogen) atoms. The number of halogens is 1. The molecule has 2 heterocycles. The Balaban J connectivity index is 1.67. The number of methoxy groups -OCH3 is 1. The molecule has 0 aliphatic carbocycles. The summed E-state index contributed by atoms with van der Waals surface area (Å²) in [6, 6.07) is 14.9. The predicted molar refractivity (Wildman–Crippen MR) is 116 cm³/mol. The zero-order valence-corrected chi connectivity index (χ0v) is 17.6. The van der Waals surface area contributed by atoms with Crippen molar-refractivity contribution in [1.29, 1.82) is 0 Å². The van der Waals surface area contributed by atoms with Crippen molar-refractivity contribution >= 4 is 44.2 Å². The normalized spacial score (nSPS) is 11.0. The second kappa shape index (κ2) is 8.27. The van der Waals surface area contributed by atoms with Gasteiger partial charge >= 0.3 is 0 Å². The van der Waals surface area contributed by atoms with Crippen molar-refractivity contribution in [1.82, 2.24) is 4.98 Å². The van der Waals surface area contributed by atoms with E-state index in [-0.39, 0.29) is 12.3 Å². The Hall–Kier alpha value is -2.83. The first-order valence-corrected chi connectivity index (χ1v) is 10.3. The Kier molecular flexibility index (Phi) is 5.56. The number of thiazole rings is 1. The molecule has 0 radical (unpaired) electrons. The van der Waals surface area contributed by atoms with E-state index in [9.17, 15) is 4.79 Å². The van der Waals surface area contributed by atoms with Crippen LogP contribution in [-0.2, 0) is 17.8 Å². The third kappa shape index (κ3) is 4.13. The third-order valence-electron chi connectivity index (χ3n) is 4.68. The van der Waals surface area contributed by atoms with Gasteiger partial charge in [0.2, 0.25) is 5.91 Å². The van der Waals surface area contributed by atoms with Crippen molar-refractivity contribution in [2.24, 2.45) is 0 Å². The number of fused-ring (bicyclic) bond motifs is 1. The number of carbonyl (C=O) groups is 1. The van der Waals surface area contributed by atoms with Crippen LogP contribution < -0.4 is 9.64 Å². The fourth-order valence-corrected chi connectivity index (χ4v) is 4.23. The van der Waals surface area contributed by atoms with E-state index < -0.39 is 0 Å². The van der Waals surface area contributed by atoms with Crippen molar-refractivity contribution < 1.29 is 13.9 Å². The number of amides is 1. The highest BCUT2D eigenvalue weighted by atomic mass is 35.5. The molecule has 0 unspecified atom stereocenters. The van der Waals surface area contributed by atoms with Gasteiger partial charge in [0, 0.05) is 5.02 Å². The number of nitrogens with zero attached hydrogens (tertiary/aromatic N) is 2. The SMILES string of the molecule is COc1ccc(CC(=O)N(Cc2ccco2)c2nc3c(C)c(Cl)ccc3s2)cc1. The molecule has 148 valence electrons. The zero-order valence-electron chi connectivity index (χ0n) is 16.0. The summed E-state index contributed by atoms with van der Waals surface area (Å²) in [5.74, 6) is 1.39. The molecule has 0 saturated carbocycles. The Morgan fingerprint density at radius 2 is 2.00 bits per heavy atom. The summed E-state index contributed by atoms with van der Waals surface area (Å²) in [7, 11) is 1.62. The minimum absolute atomic E-state index is 0.0608. The molecule has 0 saturated heterocycles. The maximum absolute atomic E-state index is 13.2. The molecular formula is C22H19ClN2O3S. The standard InChI is InChI=1S/C22H19ClN2O3S/c1-14-18(23)9-10-19-21(14)24-22(29-19)25(13-17-4-3-11-28-17)20(26)12-15-5-7-16(27-2)8-6-15/h3-11H,12-13H2,1-2H3. The number of furan rings is 1. The van der Waals surface area contributed by atoms with Gasteiger partial charge in [-0.25, -0.2) is 4.98 Å². The Morgan fingerprint density at radius 3 is 2.69 bits per heavy atom. The molecule has 2 aromatic carbocycles. The van der Waals surface area contributed by atoms with Gasteiger partial charge in [0.15, 0.2) is 5.13 Å². The monoisotopic (exact) mass is 426 g/mol. The van der Waals surface area contributed by atoms with Crippen molar-refractivity contribution in [2.75, 3.05) is 12.0 Å². The molecule has 0 aliphatic rings. The van der Waals surface area contributed by atoms with E-state index in [2.05, 4.69) is 0 Å². The van der Waals surface area contributed by atoms with Gasteiger partial charge in [-0.3, -0.25) is 9.69 Å². The van der Waals surface area contributed by atoms with Gasteiger partial charge in [-0.2, -0.15) is 0 Å². The zero-order chi connectivity index (χ0) is 20.4. The van der Waals surface area contributed by atoms with Crippen molar-refractivity contribution in [3.05, 3.63) is 76.7 Å². The van der Waals surface area contributed by atoms with E-state index >= 15 is 0 Å². The maximum atomic E-state index is 13.2. The lowest BCUT2D eigenvalue weighted by molar-refractivity contribution is -0.118. The summed E-state index contributed by atoms with van der Waals surface area (Å²) in [4.78, 5) is 19.6. The molecule has 0 fully saturated rings. The van der Waals surface area contributed by atoms with Crippen LogP contribution in [0.2, 0.25) is 5.02 Å². The third-order valence-corrected chi connectivity index (χ3v) is 6.13. The van der Waals surface area contributed by atoms with Gasteiger partial charge < -0.3 is 9.15 Å². The van der Waals surface area contributed by atoms with E-state index in [1.54, 1.807) is 18.3 Å². The number of anilines is 1. The summed E-state index contributed by atoms with van der Waals surface area (Å²) in [6.45, 7) is 2.25. The Labute approximate surface area is 177 Å². The lowest BCUT2D eigenvalue weighted by atomic mass is 10.1. The summed E-state index contributed by atoms with van der Waals surface area (Å²) in [5, 5.41) is 1.29. The Bertz CT molecular complexity index is 1140. The van der Waals surface area contributed by atoms with E-state index in [0.29, 0.717) is 22.5 Å². The molecule has 0 aliphatic heterocycles. The first kappa shape index (κ1) is 19.5. The molecule has 0 spiro atoms. The van der Waals surface area contributed by atoms with Gasteiger partial charge in [0.1, 0.15) is 11.5 Å². The van der Waals surface area contributed by atoms with Crippen LogP contribution in [0, 0.1) is 6.92 Å². The number of aryl methyl sites for hydroxylation is 1. The molecule has 1 amide bonds. The second-order valence-corrected chi connectivity index (χ2v) is 8.02. The van der Waals surface area contributed by atoms with E-state index in [0.717, 1.165) is 27.1 Å². The van der Waals surface area contributed by atoms with Crippen LogP contribution in [0.1, 0.15) is 16.9 Å². The second-order valence-electron chi connectivity index (χ2n) is 6.60. The smallest absolute Gasteiger partial charge is 0.233 e. The van der Waals surface area contributed by atoms with E-state index in [1.807, 2.05) is 55.5 Å². The van der Waals surface area contributed by atoms with Gasteiger partial charge in [0.25, 0.3) is 0 Å². The van der Waals surface area contributed by atoms with Crippen LogP contribution in [0.3, 0.4) is 0 Å². The highest BCUT2D eigenvalue weighted by Gasteiger charge is 2.22. The van der Waals surface area contributed by atoms with Crippen molar-refractivity contribution in [3.8, 4) is 5.75 Å². The van der Waals surface area contributed by atoms with Crippen LogP contribution in [-0.4, -0.2) is 18.0 Å². The average molecular weight is 427 g/mol. The van der Waals surface area contributed by atoms with Crippen LogP contribution in [0.15, 0.2) is 59.2 Å². The highest BCUT2D eigenvalue weighted by Crippen LogP contribution is 2.34. The average Bonchev–Trinajstić information content (AvgIpc) is 3.39. The largest absolute Gasteiger partial charge is 0.497 e. The molecular weight excluding hydrogens is 408 g/mol. The lowest BCUT2D eigenvalue weighted by Gasteiger charge is -2.19. The van der Waals surface area contributed by atoms with E-state index in [1.165, 1.54) is 11.3 Å². The fourth-order valence-electron chi connectivity index (χ4n) is 3.04. The molecule has 4 aromatic rings. The molecule has 5 nitrogen and oxygen atoms in total. The number of hydrogen-bond acceptors (Lipinski definition) is 5. The van der Waals surface area contributed by atoms with Crippen LogP contribution in [0.25, 0.3) is 10.2 Å². The van der Waals surface area contributed by atoms with Crippen LogP contribution in [0.4, 0.5) is 5.13 Å². The quantitative estimate of drug-likeness (QED) is 0.400. The summed E-state index contributed by atoms with van der Waals surface area (Å²) >= 11 is 7.71. The molecule has 7 heteroatoms. The van der Waals surface area contributed by atoms with Crippen molar-refractivity contribution in [2.45, 2.75) is 19.9 Å². The van der Waals surface area contributed by atoms with Crippen LogP contribution >= 0.6 is 22.9 Å². The highest BCUT2D eigenvalue weighted by molar-refractivity contribution is 7.22. The Morgan fingerprint density at radius 1 is 1.21 bits per heavy atom. The number of aromatic nitrogens is 1. The summed E-state index contributed by atoms with van der Waals surface area (Å²) in [5.41, 5.74) is 2.63. The minimum atomic E-state index is -0.0608. The summed E-state index contributed by atoms with van der Waals surface area (Å²) in [6.07, 6.45) is 1.85. The molecule has 2 aromatic heterocycles. The first-order valence-electron chi connectivity index (χ1n) is 9.06. The predicted octanol–water partition coefficient (Wildman–Crippen LogP) is 5.64. The van der Waals surface area contributed by atoms with Gasteiger partial charge in [-0.05, 0) is 54.4 Å². The molecule has 4 rings (SSSR count). The number of benzene rings is 2. The minimum Gasteiger partial charge on any atom is -0.497 e. The van der Waals surface area contributed by atoms with Crippen molar-refractivity contribution in [3.63, 3.8) is 0 Å². The number of carbonyl (C=O) groups excluding carboxylic acids is 1. The summed E-state index contributed by atoms with van der Waals surface area (Å²) < 4.78 is 11.7. The maximum Gasteiger partial charge on any atom is 0.233 e. The topological polar surface area (TPSA) is 55.6 Å². The number of rotatable bonds is 6. The van der Waals surface area contributed by atoms with Gasteiger partial charge in [0.05, 0.1) is 36.6 Å². The fraction of sp³-hybridized carbons (Fsp3) is 0.182. The lowest BCUT2D eigenvalue weighted by Crippen LogP contribution is -2.31. The van der Waals surface area contributed by atoms with Gasteiger partial charge in [-0.15, -0.1) is 0 Å². The molecule has 0 bridgehead atoms. The van der Waals surface area contributed by atoms with Crippen LogP contribution in [0.5, 0.6) is 5.75 Å². The number of ether oxygens (including phenoxy) is 1.